The summed E-state index contributed by atoms with van der Waals surface area (Å²) in [5.74, 6) is 3.77. The molecule has 0 saturated carbocycles. The molecule has 2 aliphatic rings. The highest BCUT2D eigenvalue weighted by atomic mass is 127. The number of ether oxygens (including phenoxy) is 1. The van der Waals surface area contributed by atoms with Crippen LogP contribution < -0.4 is 20.3 Å². The molecule has 2 atom stereocenters. The number of fused-ring (bicyclic) bond motifs is 1. The van der Waals surface area contributed by atoms with Crippen molar-refractivity contribution in [3.8, 4) is 5.75 Å². The van der Waals surface area contributed by atoms with Gasteiger partial charge >= 0.3 is 0 Å². The van der Waals surface area contributed by atoms with Crippen LogP contribution in [0, 0.1) is 0 Å². The Morgan fingerprint density at radius 3 is 2.82 bits per heavy atom. The molecule has 3 aromatic rings. The molecule has 2 N–H and O–H groups in total. The Balaban J connectivity index is 0.00000259. The van der Waals surface area contributed by atoms with Crippen molar-refractivity contribution in [2.45, 2.75) is 31.3 Å². The van der Waals surface area contributed by atoms with Crippen LogP contribution in [-0.4, -0.2) is 43.2 Å². The van der Waals surface area contributed by atoms with Gasteiger partial charge in [-0.25, -0.2) is 4.98 Å². The molecule has 1 saturated heterocycles. The van der Waals surface area contributed by atoms with Crippen LogP contribution in [0.3, 0.4) is 0 Å². The van der Waals surface area contributed by atoms with Gasteiger partial charge in [0.15, 0.2) is 5.96 Å². The number of halogens is 1. The first kappa shape index (κ1) is 23.4. The number of anilines is 1. The third kappa shape index (κ3) is 5.98. The summed E-state index contributed by atoms with van der Waals surface area (Å²) in [5.41, 5.74) is 1.18. The molecular weight excluding hydrogens is 529 g/mol. The Bertz CT molecular complexity index is 1030. The van der Waals surface area contributed by atoms with E-state index in [1.54, 1.807) is 6.26 Å². The first-order valence-corrected chi connectivity index (χ1v) is 11.3. The molecule has 33 heavy (non-hydrogen) atoms. The number of hydrogen-bond acceptors (Lipinski definition) is 5. The van der Waals surface area contributed by atoms with Crippen molar-refractivity contribution >= 4 is 35.8 Å². The first-order chi connectivity index (χ1) is 15.8. The SMILES string of the molecule is I.c1ccc(N2CCC(NC(=NCCc3ccco3)NC3CCOc4ccccc43)C2)nc1. The molecule has 1 aromatic carbocycles. The normalized spacial score (nSPS) is 19.9. The molecule has 2 aliphatic heterocycles. The maximum absolute atomic E-state index is 5.84. The van der Waals surface area contributed by atoms with Crippen molar-refractivity contribution in [1.82, 2.24) is 15.6 Å². The average molecular weight is 559 g/mol. The van der Waals surface area contributed by atoms with Crippen LogP contribution in [0.4, 0.5) is 5.82 Å². The van der Waals surface area contributed by atoms with E-state index in [9.17, 15) is 0 Å². The minimum atomic E-state index is 0. The van der Waals surface area contributed by atoms with Gasteiger partial charge in [-0.1, -0.05) is 24.3 Å². The fraction of sp³-hybridized carbons (Fsp3) is 0.360. The second-order valence-electron chi connectivity index (χ2n) is 8.20. The summed E-state index contributed by atoms with van der Waals surface area (Å²) in [6.07, 6.45) is 6.28. The number of para-hydroxylation sites is 1. The van der Waals surface area contributed by atoms with Crippen LogP contribution in [-0.2, 0) is 6.42 Å². The lowest BCUT2D eigenvalue weighted by Gasteiger charge is -2.29. The lowest BCUT2D eigenvalue weighted by molar-refractivity contribution is 0.261. The van der Waals surface area contributed by atoms with Gasteiger partial charge in [0.1, 0.15) is 17.3 Å². The van der Waals surface area contributed by atoms with Gasteiger partial charge in [0, 0.05) is 50.3 Å². The van der Waals surface area contributed by atoms with Gasteiger partial charge in [-0.3, -0.25) is 4.99 Å². The molecule has 174 valence electrons. The molecular formula is C25H30IN5O2. The average Bonchev–Trinajstić information content (AvgIpc) is 3.52. The van der Waals surface area contributed by atoms with Crippen LogP contribution >= 0.6 is 24.0 Å². The Kier molecular flexibility index (Phi) is 8.09. The van der Waals surface area contributed by atoms with E-state index in [-0.39, 0.29) is 30.0 Å². The van der Waals surface area contributed by atoms with Crippen molar-refractivity contribution in [3.05, 3.63) is 78.4 Å². The lowest BCUT2D eigenvalue weighted by Crippen LogP contribution is -2.46. The molecule has 2 unspecified atom stereocenters. The Labute approximate surface area is 211 Å². The Morgan fingerprint density at radius 2 is 1.97 bits per heavy atom. The number of furan rings is 1. The molecule has 0 radical (unpaired) electrons. The van der Waals surface area contributed by atoms with Crippen LogP contribution in [0.5, 0.6) is 5.75 Å². The van der Waals surface area contributed by atoms with Crippen molar-refractivity contribution in [1.29, 1.82) is 0 Å². The van der Waals surface area contributed by atoms with Gasteiger partial charge in [0.05, 0.1) is 18.9 Å². The van der Waals surface area contributed by atoms with Crippen molar-refractivity contribution in [2.24, 2.45) is 4.99 Å². The van der Waals surface area contributed by atoms with Crippen LogP contribution in [0.1, 0.15) is 30.2 Å². The molecule has 7 nitrogen and oxygen atoms in total. The summed E-state index contributed by atoms with van der Waals surface area (Å²) in [7, 11) is 0. The summed E-state index contributed by atoms with van der Waals surface area (Å²) >= 11 is 0. The molecule has 0 amide bonds. The van der Waals surface area contributed by atoms with Gasteiger partial charge < -0.3 is 24.7 Å². The number of guanidine groups is 1. The van der Waals surface area contributed by atoms with Crippen molar-refractivity contribution in [2.75, 3.05) is 31.1 Å². The number of aromatic nitrogens is 1. The zero-order valence-corrected chi connectivity index (χ0v) is 20.9. The number of nitrogens with one attached hydrogen (secondary N) is 2. The van der Waals surface area contributed by atoms with E-state index in [2.05, 4.69) is 38.7 Å². The highest BCUT2D eigenvalue weighted by molar-refractivity contribution is 14.0. The highest BCUT2D eigenvalue weighted by Gasteiger charge is 2.26. The minimum absolute atomic E-state index is 0. The second kappa shape index (κ2) is 11.4. The quantitative estimate of drug-likeness (QED) is 0.268. The predicted molar refractivity (Wildman–Crippen MR) is 141 cm³/mol. The number of nitrogens with zero attached hydrogens (tertiary/aromatic N) is 3. The summed E-state index contributed by atoms with van der Waals surface area (Å²) in [5, 5.41) is 7.34. The molecule has 1 fully saturated rings. The Hall–Kier alpha value is -2.75. The molecule has 5 rings (SSSR count). The smallest absolute Gasteiger partial charge is 0.192 e. The maximum Gasteiger partial charge on any atom is 0.192 e. The van der Waals surface area contributed by atoms with Gasteiger partial charge in [0.25, 0.3) is 0 Å². The summed E-state index contributed by atoms with van der Waals surface area (Å²) in [6, 6.07) is 18.7. The van der Waals surface area contributed by atoms with E-state index >= 15 is 0 Å². The largest absolute Gasteiger partial charge is 0.493 e. The zero-order chi connectivity index (χ0) is 21.6. The topological polar surface area (TPSA) is 74.9 Å². The molecule has 0 bridgehead atoms. The maximum atomic E-state index is 5.84. The van der Waals surface area contributed by atoms with Gasteiger partial charge in [-0.05, 0) is 36.8 Å². The summed E-state index contributed by atoms with van der Waals surface area (Å²) in [6.45, 7) is 3.24. The monoisotopic (exact) mass is 559 g/mol. The standard InChI is InChI=1S/C25H29N5O2.HI/c1-2-8-23-21(7-1)22(12-17-32-23)29-25(27-14-10-20-6-5-16-31-20)28-19-11-15-30(18-19)24-9-3-4-13-26-24;/h1-9,13,16,19,22H,10-12,14-15,17-18H2,(H2,27,28,29);1H. The summed E-state index contributed by atoms with van der Waals surface area (Å²) in [4.78, 5) is 11.7. The number of rotatable bonds is 6. The fourth-order valence-electron chi connectivity index (χ4n) is 4.34. The van der Waals surface area contributed by atoms with Crippen molar-refractivity contribution < 1.29 is 9.15 Å². The highest BCUT2D eigenvalue weighted by Crippen LogP contribution is 2.31. The van der Waals surface area contributed by atoms with Crippen LogP contribution in [0.15, 0.2) is 76.5 Å². The molecule has 0 spiro atoms. The summed E-state index contributed by atoms with van der Waals surface area (Å²) < 4.78 is 11.3. The molecule has 2 aromatic heterocycles. The van der Waals surface area contributed by atoms with E-state index in [1.807, 2.05) is 42.6 Å². The van der Waals surface area contributed by atoms with E-state index in [0.717, 1.165) is 55.6 Å². The first-order valence-electron chi connectivity index (χ1n) is 11.3. The minimum Gasteiger partial charge on any atom is -0.493 e. The van der Waals surface area contributed by atoms with E-state index in [4.69, 9.17) is 14.1 Å². The number of benzene rings is 1. The van der Waals surface area contributed by atoms with E-state index in [0.29, 0.717) is 19.2 Å². The zero-order valence-electron chi connectivity index (χ0n) is 18.5. The van der Waals surface area contributed by atoms with Crippen molar-refractivity contribution in [3.63, 3.8) is 0 Å². The third-order valence-electron chi connectivity index (χ3n) is 5.98. The van der Waals surface area contributed by atoms with Crippen LogP contribution in [0.25, 0.3) is 0 Å². The van der Waals surface area contributed by atoms with Gasteiger partial charge in [-0.2, -0.15) is 0 Å². The molecule has 4 heterocycles. The number of aliphatic imine (C=N–C) groups is 1. The molecule has 0 aliphatic carbocycles. The van der Waals surface area contributed by atoms with E-state index < -0.39 is 0 Å². The predicted octanol–water partition coefficient (Wildman–Crippen LogP) is 4.17. The van der Waals surface area contributed by atoms with E-state index in [1.165, 1.54) is 5.56 Å². The number of hydrogen-bond donors (Lipinski definition) is 2. The lowest BCUT2D eigenvalue weighted by atomic mass is 10.0. The van der Waals surface area contributed by atoms with Crippen LogP contribution in [0.2, 0.25) is 0 Å². The fourth-order valence-corrected chi connectivity index (χ4v) is 4.34. The van der Waals surface area contributed by atoms with Gasteiger partial charge in [-0.15, -0.1) is 24.0 Å². The second-order valence-corrected chi connectivity index (χ2v) is 8.20. The third-order valence-corrected chi connectivity index (χ3v) is 5.98. The Morgan fingerprint density at radius 1 is 1.06 bits per heavy atom. The molecule has 8 heteroatoms. The number of pyridine rings is 1. The van der Waals surface area contributed by atoms with Gasteiger partial charge in [0.2, 0.25) is 0 Å².